The molecule has 1 aliphatic rings. The molecule has 6 nitrogen and oxygen atoms in total. The van der Waals surface area contributed by atoms with Gasteiger partial charge < -0.3 is 10.8 Å². The van der Waals surface area contributed by atoms with Crippen molar-refractivity contribution in [1.82, 2.24) is 9.88 Å². The van der Waals surface area contributed by atoms with Gasteiger partial charge in [0.2, 0.25) is 0 Å². The number of carbonyl (C=O) groups excluding carboxylic acids is 1. The van der Waals surface area contributed by atoms with Crippen LogP contribution in [0.2, 0.25) is 0 Å². The maximum absolute atomic E-state index is 12.9. The van der Waals surface area contributed by atoms with Gasteiger partial charge in [0.25, 0.3) is 5.91 Å². The minimum atomic E-state index is -0.182. The van der Waals surface area contributed by atoms with Gasteiger partial charge in [-0.1, -0.05) is 30.4 Å². The van der Waals surface area contributed by atoms with Crippen LogP contribution < -0.4 is 5.32 Å². The van der Waals surface area contributed by atoms with Crippen LogP contribution in [0.3, 0.4) is 0 Å². The Labute approximate surface area is 193 Å². The molecule has 1 amide bonds. The number of amides is 1. The number of carbonyl (C=O) groups is 1. The van der Waals surface area contributed by atoms with Crippen molar-refractivity contribution in [1.29, 1.82) is 10.8 Å². The lowest BCUT2D eigenvalue weighted by Crippen LogP contribution is -2.17. The van der Waals surface area contributed by atoms with Gasteiger partial charge in [0.05, 0.1) is 5.71 Å². The summed E-state index contributed by atoms with van der Waals surface area (Å²) in [5, 5.41) is 18.9. The molecule has 32 heavy (non-hydrogen) atoms. The molecule has 1 aromatic heterocycles. The van der Waals surface area contributed by atoms with E-state index in [1.807, 2.05) is 44.3 Å². The van der Waals surface area contributed by atoms with Crippen molar-refractivity contribution in [3.8, 4) is 0 Å². The second-order valence-electron chi connectivity index (χ2n) is 7.61. The van der Waals surface area contributed by atoms with Gasteiger partial charge in [0.1, 0.15) is 0 Å². The van der Waals surface area contributed by atoms with Crippen LogP contribution in [-0.4, -0.2) is 40.8 Å². The number of hydrogen-bond acceptors (Lipinski definition) is 6. The monoisotopic (exact) mass is 447 g/mol. The lowest BCUT2D eigenvalue weighted by atomic mass is 10.00. The van der Waals surface area contributed by atoms with Gasteiger partial charge in [0, 0.05) is 29.4 Å². The van der Waals surface area contributed by atoms with Crippen LogP contribution in [0.1, 0.15) is 46.1 Å². The van der Waals surface area contributed by atoms with E-state index in [4.69, 9.17) is 10.8 Å². The van der Waals surface area contributed by atoms with Crippen molar-refractivity contribution in [2.24, 2.45) is 0 Å². The van der Waals surface area contributed by atoms with Gasteiger partial charge in [-0.05, 0) is 74.7 Å². The zero-order chi connectivity index (χ0) is 22.9. The molecule has 0 aliphatic carbocycles. The average molecular weight is 448 g/mol. The summed E-state index contributed by atoms with van der Waals surface area (Å²) in [5.74, 6) is -0.182. The molecule has 2 heterocycles. The van der Waals surface area contributed by atoms with E-state index in [2.05, 4.69) is 15.2 Å². The largest absolute Gasteiger partial charge is 0.309 e. The lowest BCUT2D eigenvalue weighted by molar-refractivity contribution is 0.102. The third kappa shape index (κ3) is 6.18. The first-order chi connectivity index (χ1) is 15.5. The number of thiazole rings is 1. The number of anilines is 1. The van der Waals surface area contributed by atoms with Crippen molar-refractivity contribution >= 4 is 40.4 Å². The Balaban J connectivity index is 1.68. The molecule has 166 valence electrons. The van der Waals surface area contributed by atoms with Crippen molar-refractivity contribution in [3.63, 3.8) is 0 Å². The first-order valence-electron chi connectivity index (χ1n) is 10.7. The lowest BCUT2D eigenvalue weighted by Gasteiger charge is -2.11. The molecular formula is C25H29N5OS. The summed E-state index contributed by atoms with van der Waals surface area (Å²) in [6.45, 7) is 6.92. The van der Waals surface area contributed by atoms with Crippen molar-refractivity contribution in [2.45, 2.75) is 33.2 Å². The van der Waals surface area contributed by atoms with Gasteiger partial charge in [-0.3, -0.25) is 15.0 Å². The van der Waals surface area contributed by atoms with E-state index in [1.165, 1.54) is 30.4 Å². The molecule has 1 aliphatic heterocycles. The fourth-order valence-corrected chi connectivity index (χ4v) is 4.46. The number of hydrogen-bond donors (Lipinski definition) is 3. The fourth-order valence-electron chi connectivity index (χ4n) is 3.61. The molecule has 1 fully saturated rings. The Morgan fingerprint density at radius 3 is 2.78 bits per heavy atom. The molecule has 0 unspecified atom stereocenters. The zero-order valence-corrected chi connectivity index (χ0v) is 19.3. The molecule has 0 radical (unpaired) electrons. The van der Waals surface area contributed by atoms with Crippen molar-refractivity contribution in [2.75, 3.05) is 18.4 Å². The summed E-state index contributed by atoms with van der Waals surface area (Å²) in [5.41, 5.74) is 3.38. The number of nitrogens with zero attached hydrogens (tertiary/aromatic N) is 2. The molecule has 7 heteroatoms. The van der Waals surface area contributed by atoms with Gasteiger partial charge >= 0.3 is 0 Å². The van der Waals surface area contributed by atoms with E-state index in [1.54, 1.807) is 24.3 Å². The quantitative estimate of drug-likeness (QED) is 0.351. The number of benzene rings is 1. The Kier molecular flexibility index (Phi) is 8.41. The highest BCUT2D eigenvalue weighted by Gasteiger charge is 2.16. The van der Waals surface area contributed by atoms with Gasteiger partial charge in [-0.2, -0.15) is 0 Å². The van der Waals surface area contributed by atoms with Crippen LogP contribution in [0.25, 0.3) is 6.08 Å². The summed E-state index contributed by atoms with van der Waals surface area (Å²) in [6, 6.07) is 5.57. The third-order valence-corrected chi connectivity index (χ3v) is 6.29. The van der Waals surface area contributed by atoms with E-state index in [-0.39, 0.29) is 5.91 Å². The minimum absolute atomic E-state index is 0.182. The topological polar surface area (TPSA) is 92.9 Å². The third-order valence-electron chi connectivity index (χ3n) is 5.40. The Morgan fingerprint density at radius 2 is 2.06 bits per heavy atom. The molecule has 1 saturated heterocycles. The number of rotatable bonds is 9. The molecular weight excluding hydrogens is 418 g/mol. The van der Waals surface area contributed by atoms with Gasteiger partial charge in [0.15, 0.2) is 5.13 Å². The SMILES string of the molecule is C/C=C(\C=C/C=N)C(=N)/C=C\c1cccc(C(=O)Nc2ncc(CN3CCCC3)s2)c1C. The first-order valence-corrected chi connectivity index (χ1v) is 11.5. The summed E-state index contributed by atoms with van der Waals surface area (Å²) in [7, 11) is 0. The minimum Gasteiger partial charge on any atom is -0.309 e. The number of aromatic nitrogens is 1. The van der Waals surface area contributed by atoms with Crippen molar-refractivity contribution < 1.29 is 4.79 Å². The molecule has 3 N–H and O–H groups in total. The van der Waals surface area contributed by atoms with Crippen LogP contribution in [-0.2, 0) is 6.54 Å². The fraction of sp³-hybridized carbons (Fsp3) is 0.280. The van der Waals surface area contributed by atoms with Crippen LogP contribution in [0.15, 0.2) is 54.3 Å². The average Bonchev–Trinajstić information content (AvgIpc) is 3.46. The summed E-state index contributed by atoms with van der Waals surface area (Å²) < 4.78 is 0. The van der Waals surface area contributed by atoms with E-state index < -0.39 is 0 Å². The van der Waals surface area contributed by atoms with Crippen LogP contribution in [0.4, 0.5) is 5.13 Å². The first kappa shape index (κ1) is 23.5. The molecule has 0 spiro atoms. The van der Waals surface area contributed by atoms with E-state index in [0.29, 0.717) is 16.4 Å². The van der Waals surface area contributed by atoms with E-state index in [0.717, 1.165) is 41.2 Å². The van der Waals surface area contributed by atoms with Gasteiger partial charge in [-0.15, -0.1) is 11.3 Å². The highest BCUT2D eigenvalue weighted by Crippen LogP contribution is 2.23. The Morgan fingerprint density at radius 1 is 1.28 bits per heavy atom. The smallest absolute Gasteiger partial charge is 0.257 e. The van der Waals surface area contributed by atoms with Crippen LogP contribution in [0, 0.1) is 17.7 Å². The molecule has 2 aromatic rings. The maximum atomic E-state index is 12.9. The van der Waals surface area contributed by atoms with Crippen molar-refractivity contribution in [3.05, 3.63) is 75.8 Å². The number of allylic oxidation sites excluding steroid dienone is 5. The number of likely N-dealkylation sites (tertiary alicyclic amines) is 1. The van der Waals surface area contributed by atoms with E-state index in [9.17, 15) is 4.79 Å². The second kappa shape index (κ2) is 11.5. The maximum Gasteiger partial charge on any atom is 0.257 e. The Bertz CT molecular complexity index is 1070. The highest BCUT2D eigenvalue weighted by atomic mass is 32.1. The van der Waals surface area contributed by atoms with Crippen LogP contribution >= 0.6 is 11.3 Å². The summed E-state index contributed by atoms with van der Waals surface area (Å²) in [4.78, 5) is 20.8. The predicted octanol–water partition coefficient (Wildman–Crippen LogP) is 5.48. The molecule has 0 bridgehead atoms. The second-order valence-corrected chi connectivity index (χ2v) is 8.72. The summed E-state index contributed by atoms with van der Waals surface area (Å²) >= 11 is 1.52. The molecule has 3 rings (SSSR count). The zero-order valence-electron chi connectivity index (χ0n) is 18.5. The predicted molar refractivity (Wildman–Crippen MR) is 134 cm³/mol. The molecule has 1 aromatic carbocycles. The van der Waals surface area contributed by atoms with Gasteiger partial charge in [-0.25, -0.2) is 4.98 Å². The van der Waals surface area contributed by atoms with Crippen LogP contribution in [0.5, 0.6) is 0 Å². The highest BCUT2D eigenvalue weighted by molar-refractivity contribution is 7.15. The summed E-state index contributed by atoms with van der Waals surface area (Å²) in [6.07, 6.45) is 14.2. The molecule has 0 atom stereocenters. The Hall–Kier alpha value is -3.16. The van der Waals surface area contributed by atoms with E-state index >= 15 is 0 Å². The molecule has 0 saturated carbocycles. The normalized spacial score (nSPS) is 15.0. The number of nitrogens with one attached hydrogen (secondary N) is 3. The standard InChI is InChI=1S/C25H29N5OS/c1-3-19(9-7-13-26)23(27)12-11-20-8-6-10-22(18(20)2)24(31)29-25-28-16-21(32-25)17-30-14-4-5-15-30/h3,6-13,16,26-27H,4-5,14-15,17H2,1-2H3,(H,28,29,31)/b9-7-,12-11-,19-3+,26-13?,27-23?.